The maximum atomic E-state index is 13.4. The van der Waals surface area contributed by atoms with Gasteiger partial charge in [-0.05, 0) is 36.8 Å². The highest BCUT2D eigenvalue weighted by Crippen LogP contribution is 2.31. The molecule has 0 aromatic heterocycles. The lowest BCUT2D eigenvalue weighted by atomic mass is 10.1. The van der Waals surface area contributed by atoms with Crippen LogP contribution in [-0.2, 0) is 14.3 Å². The molecule has 2 rings (SSSR count). The first-order valence-electron chi connectivity index (χ1n) is 8.42. The normalized spacial score (nSPS) is 10.1. The van der Waals surface area contributed by atoms with Crippen molar-refractivity contribution in [3.8, 4) is 5.75 Å². The molecule has 0 aliphatic rings. The zero-order valence-electron chi connectivity index (χ0n) is 16.4. The number of anilines is 2. The Bertz CT molecular complexity index is 1080. The number of nitrogens with one attached hydrogen (secondary N) is 3. The Hall–Kier alpha value is -3.73. The molecule has 3 N–H and O–H groups in total. The first-order valence-corrected chi connectivity index (χ1v) is 8.80. The van der Waals surface area contributed by atoms with Crippen molar-refractivity contribution in [2.45, 2.75) is 6.92 Å². The zero-order chi connectivity index (χ0) is 23.3. The van der Waals surface area contributed by atoms with E-state index in [1.807, 2.05) is 5.32 Å². The summed E-state index contributed by atoms with van der Waals surface area (Å²) in [5.41, 5.74) is 0.207. The molecule has 0 bridgehead atoms. The second-order valence-corrected chi connectivity index (χ2v) is 6.37. The number of urea groups is 1. The Morgan fingerprint density at radius 2 is 1.58 bits per heavy atom. The Balaban J connectivity index is 2.22. The summed E-state index contributed by atoms with van der Waals surface area (Å²) in [7, 11) is 2.35. The van der Waals surface area contributed by atoms with Crippen LogP contribution in [0.25, 0.3) is 0 Å². The number of benzene rings is 2. The molecule has 0 heterocycles. The molecular weight excluding hydrogens is 440 g/mol. The van der Waals surface area contributed by atoms with Crippen molar-refractivity contribution in [3.63, 3.8) is 0 Å². The van der Waals surface area contributed by atoms with E-state index in [9.17, 15) is 28.0 Å². The number of amides is 4. The maximum absolute atomic E-state index is 13.4. The largest absolute Gasteiger partial charge is 0.495 e. The predicted octanol–water partition coefficient (Wildman–Crippen LogP) is 3.01. The Morgan fingerprint density at radius 1 is 0.935 bits per heavy atom. The first kappa shape index (κ1) is 23.5. The van der Waals surface area contributed by atoms with E-state index in [1.54, 1.807) is 6.92 Å². The molecular formula is C19H16ClF2N3O6. The van der Waals surface area contributed by atoms with Gasteiger partial charge in [-0.3, -0.25) is 14.9 Å². The Kier molecular flexibility index (Phi) is 7.48. The fourth-order valence-corrected chi connectivity index (χ4v) is 2.61. The van der Waals surface area contributed by atoms with Gasteiger partial charge in [0.1, 0.15) is 5.75 Å². The summed E-state index contributed by atoms with van der Waals surface area (Å²) in [5.74, 6) is -5.67. The highest BCUT2D eigenvalue weighted by atomic mass is 35.5. The molecule has 0 radical (unpaired) electrons. The topological polar surface area (TPSA) is 123 Å². The molecule has 164 valence electrons. The summed E-state index contributed by atoms with van der Waals surface area (Å²) in [6.07, 6.45) is 0. The van der Waals surface area contributed by atoms with Gasteiger partial charge in [0, 0.05) is 5.69 Å². The number of methoxy groups -OCH3 is 2. The van der Waals surface area contributed by atoms with Crippen molar-refractivity contribution < 1.29 is 37.4 Å². The molecule has 12 heteroatoms. The number of halogens is 3. The number of hydrogen-bond acceptors (Lipinski definition) is 6. The van der Waals surface area contributed by atoms with Crippen molar-refractivity contribution in [2.75, 3.05) is 24.9 Å². The van der Waals surface area contributed by atoms with Gasteiger partial charge in [0.25, 0.3) is 5.91 Å². The van der Waals surface area contributed by atoms with Gasteiger partial charge in [-0.2, -0.15) is 0 Å². The SMILES string of the molecule is COC(=O)C(=O)Nc1cc(NC(=O)NC(=O)c2cc(F)c(F)cc2Cl)c(OC)cc1C. The number of ether oxygens (including phenoxy) is 2. The average molecular weight is 456 g/mol. The van der Waals surface area contributed by atoms with E-state index in [0.717, 1.165) is 7.11 Å². The van der Waals surface area contributed by atoms with Gasteiger partial charge >= 0.3 is 17.9 Å². The van der Waals surface area contributed by atoms with E-state index in [2.05, 4.69) is 15.4 Å². The number of esters is 1. The van der Waals surface area contributed by atoms with Crippen molar-refractivity contribution >= 4 is 46.8 Å². The van der Waals surface area contributed by atoms with E-state index in [4.69, 9.17) is 16.3 Å². The molecule has 0 unspecified atom stereocenters. The standard InChI is InChI=1S/C19H16ClF2N3O6/c1-8-4-15(30-2)14(7-13(8)23-17(27)18(28)31-3)24-19(29)25-16(26)9-5-11(21)12(22)6-10(9)20/h4-7H,1-3H3,(H,23,27)(H2,24,25,26,29). The number of hydrogen-bond donors (Lipinski definition) is 3. The molecule has 31 heavy (non-hydrogen) atoms. The molecule has 0 saturated carbocycles. The third-order valence-electron chi connectivity index (χ3n) is 3.90. The van der Waals surface area contributed by atoms with Gasteiger partial charge in [-0.1, -0.05) is 11.6 Å². The molecule has 9 nitrogen and oxygen atoms in total. The summed E-state index contributed by atoms with van der Waals surface area (Å²) >= 11 is 5.71. The predicted molar refractivity (Wildman–Crippen MR) is 106 cm³/mol. The molecule has 0 fully saturated rings. The molecule has 2 aromatic carbocycles. The van der Waals surface area contributed by atoms with Crippen LogP contribution in [0.3, 0.4) is 0 Å². The minimum Gasteiger partial charge on any atom is -0.495 e. The maximum Gasteiger partial charge on any atom is 0.396 e. The van der Waals surface area contributed by atoms with Gasteiger partial charge < -0.3 is 20.1 Å². The van der Waals surface area contributed by atoms with Crippen LogP contribution < -0.4 is 20.7 Å². The molecule has 0 saturated heterocycles. The van der Waals surface area contributed by atoms with Gasteiger partial charge in [0.05, 0.1) is 30.5 Å². The molecule has 0 atom stereocenters. The lowest BCUT2D eigenvalue weighted by molar-refractivity contribution is -0.150. The minimum absolute atomic E-state index is 0.0231. The lowest BCUT2D eigenvalue weighted by Crippen LogP contribution is -2.34. The second-order valence-electron chi connectivity index (χ2n) is 5.97. The van der Waals surface area contributed by atoms with Gasteiger partial charge in [0.2, 0.25) is 0 Å². The molecule has 0 spiro atoms. The molecule has 2 aromatic rings. The first-order chi connectivity index (χ1) is 14.6. The minimum atomic E-state index is -1.32. The zero-order valence-corrected chi connectivity index (χ0v) is 17.1. The number of carbonyl (C=O) groups excluding carboxylic acids is 4. The highest BCUT2D eigenvalue weighted by Gasteiger charge is 2.20. The third kappa shape index (κ3) is 5.66. The smallest absolute Gasteiger partial charge is 0.396 e. The monoisotopic (exact) mass is 455 g/mol. The van der Waals surface area contributed by atoms with E-state index in [1.165, 1.54) is 19.2 Å². The summed E-state index contributed by atoms with van der Waals surface area (Å²) in [6.45, 7) is 1.61. The van der Waals surface area contributed by atoms with Crippen molar-refractivity contribution in [1.29, 1.82) is 0 Å². The summed E-state index contributed by atoms with van der Waals surface area (Å²) in [6, 6.07) is 2.83. The third-order valence-corrected chi connectivity index (χ3v) is 4.21. The second kappa shape index (κ2) is 9.85. The molecule has 0 aliphatic carbocycles. The van der Waals surface area contributed by atoms with E-state index >= 15 is 0 Å². The Morgan fingerprint density at radius 3 is 2.19 bits per heavy atom. The van der Waals surface area contributed by atoms with Gasteiger partial charge in [0.15, 0.2) is 11.6 Å². The van der Waals surface area contributed by atoms with Crippen LogP contribution in [0, 0.1) is 18.6 Å². The van der Waals surface area contributed by atoms with E-state index < -0.39 is 46.0 Å². The van der Waals surface area contributed by atoms with Crippen LogP contribution in [0.4, 0.5) is 25.0 Å². The van der Waals surface area contributed by atoms with E-state index in [0.29, 0.717) is 17.7 Å². The average Bonchev–Trinajstić information content (AvgIpc) is 2.71. The summed E-state index contributed by atoms with van der Waals surface area (Å²) in [5, 5.41) is 6.13. The van der Waals surface area contributed by atoms with Crippen LogP contribution in [0.2, 0.25) is 5.02 Å². The van der Waals surface area contributed by atoms with Crippen molar-refractivity contribution in [3.05, 3.63) is 52.0 Å². The van der Waals surface area contributed by atoms with Gasteiger partial charge in [-0.25, -0.2) is 18.4 Å². The fourth-order valence-electron chi connectivity index (χ4n) is 2.37. The lowest BCUT2D eigenvalue weighted by Gasteiger charge is -2.15. The van der Waals surface area contributed by atoms with Crippen LogP contribution in [0.5, 0.6) is 5.75 Å². The molecule has 4 amide bonds. The molecule has 0 aliphatic heterocycles. The number of imide groups is 1. The number of aryl methyl sites for hydroxylation is 1. The van der Waals surface area contributed by atoms with Crippen molar-refractivity contribution in [2.24, 2.45) is 0 Å². The van der Waals surface area contributed by atoms with Crippen LogP contribution in [0.15, 0.2) is 24.3 Å². The Labute approximate surface area is 179 Å². The summed E-state index contributed by atoms with van der Waals surface area (Å²) in [4.78, 5) is 47.4. The number of rotatable bonds is 4. The van der Waals surface area contributed by atoms with Gasteiger partial charge in [-0.15, -0.1) is 0 Å². The van der Waals surface area contributed by atoms with Crippen LogP contribution in [0.1, 0.15) is 15.9 Å². The highest BCUT2D eigenvalue weighted by molar-refractivity contribution is 6.37. The quantitative estimate of drug-likeness (QED) is 0.370. The van der Waals surface area contributed by atoms with Crippen LogP contribution >= 0.6 is 11.6 Å². The number of carbonyl (C=O) groups is 4. The van der Waals surface area contributed by atoms with E-state index in [-0.39, 0.29) is 17.1 Å². The summed E-state index contributed by atoms with van der Waals surface area (Å²) < 4.78 is 36.0. The van der Waals surface area contributed by atoms with Crippen molar-refractivity contribution in [1.82, 2.24) is 5.32 Å². The fraction of sp³-hybridized carbons (Fsp3) is 0.158. The van der Waals surface area contributed by atoms with Crippen LogP contribution in [-0.4, -0.2) is 38.0 Å².